The van der Waals surface area contributed by atoms with Gasteiger partial charge >= 0.3 is 0 Å². The number of amides is 2. The van der Waals surface area contributed by atoms with Crippen molar-refractivity contribution < 1.29 is 18.0 Å². The Morgan fingerprint density at radius 1 is 0.871 bits per heavy atom. The summed E-state index contributed by atoms with van der Waals surface area (Å²) in [5, 5.41) is 1.26. The average molecular weight is 442 g/mol. The van der Waals surface area contributed by atoms with Crippen LogP contribution in [-0.4, -0.2) is 73.6 Å². The summed E-state index contributed by atoms with van der Waals surface area (Å²) in [5.41, 5.74) is 0.845. The zero-order chi connectivity index (χ0) is 21.6. The van der Waals surface area contributed by atoms with Crippen molar-refractivity contribution in [1.29, 1.82) is 0 Å². The van der Waals surface area contributed by atoms with Crippen LogP contribution in [0.1, 0.15) is 12.0 Å². The number of fused-ring (bicyclic) bond motifs is 5. The maximum absolute atomic E-state index is 12.8. The largest absolute Gasteiger partial charge is 0.299 e. The van der Waals surface area contributed by atoms with Crippen molar-refractivity contribution in [2.45, 2.75) is 6.42 Å². The summed E-state index contributed by atoms with van der Waals surface area (Å²) in [6, 6.07) is 9.35. The van der Waals surface area contributed by atoms with Gasteiger partial charge in [0.2, 0.25) is 21.8 Å². The molecule has 1 aromatic carbocycles. The van der Waals surface area contributed by atoms with Crippen LogP contribution in [0, 0.1) is 23.7 Å². The molecule has 2 amide bonds. The first-order valence-corrected chi connectivity index (χ1v) is 12.4. The molecule has 4 atom stereocenters. The molecule has 1 saturated carbocycles. The van der Waals surface area contributed by atoms with Gasteiger partial charge in [0.05, 0.1) is 11.8 Å². The van der Waals surface area contributed by atoms with Gasteiger partial charge < -0.3 is 0 Å². The molecule has 3 fully saturated rings. The Labute approximate surface area is 183 Å². The number of rotatable bonds is 6. The van der Waals surface area contributed by atoms with E-state index < -0.39 is 10.0 Å². The van der Waals surface area contributed by atoms with E-state index in [1.807, 2.05) is 30.3 Å². The number of hydrogen-bond acceptors (Lipinski definition) is 5. The van der Waals surface area contributed by atoms with Crippen molar-refractivity contribution in [3.05, 3.63) is 53.5 Å². The lowest BCUT2D eigenvalue weighted by Crippen LogP contribution is -2.50. The normalized spacial score (nSPS) is 31.3. The average Bonchev–Trinajstić information content (AvgIpc) is 3.46. The molecule has 2 heterocycles. The van der Waals surface area contributed by atoms with E-state index in [-0.39, 0.29) is 35.5 Å². The molecular weight excluding hydrogens is 414 g/mol. The Balaban J connectivity index is 1.13. The number of imide groups is 1. The van der Waals surface area contributed by atoms with Gasteiger partial charge in [-0.05, 0) is 29.9 Å². The number of allylic oxidation sites excluding steroid dienone is 2. The highest BCUT2D eigenvalue weighted by atomic mass is 32.2. The Hall–Kier alpha value is -2.29. The predicted molar refractivity (Wildman–Crippen MR) is 117 cm³/mol. The first-order chi connectivity index (χ1) is 14.9. The third kappa shape index (κ3) is 3.77. The van der Waals surface area contributed by atoms with Crippen molar-refractivity contribution in [3.8, 4) is 0 Å². The van der Waals surface area contributed by atoms with Gasteiger partial charge in [-0.15, -0.1) is 0 Å². The molecule has 4 aliphatic rings. The van der Waals surface area contributed by atoms with Crippen LogP contribution in [0.3, 0.4) is 0 Å². The number of hydrogen-bond donors (Lipinski definition) is 0. The van der Waals surface area contributed by atoms with Gasteiger partial charge in [0.25, 0.3) is 0 Å². The van der Waals surface area contributed by atoms with E-state index in [1.165, 1.54) is 14.6 Å². The fraction of sp³-hybridized carbons (Fsp3) is 0.478. The SMILES string of the molecule is O=C1[C@H]2[C@H](C(=O)N1CCN1CCN(S(=O)(=O)/C=C\c3ccccc3)CC1)[C@H]1C=C[C@H]2C1. The molecule has 5 rings (SSSR count). The van der Waals surface area contributed by atoms with Gasteiger partial charge in [0.15, 0.2) is 0 Å². The van der Waals surface area contributed by atoms with E-state index in [0.29, 0.717) is 39.3 Å². The molecule has 0 unspecified atom stereocenters. The van der Waals surface area contributed by atoms with Crippen molar-refractivity contribution in [3.63, 3.8) is 0 Å². The lowest BCUT2D eigenvalue weighted by atomic mass is 9.85. The van der Waals surface area contributed by atoms with Crippen LogP contribution in [0.5, 0.6) is 0 Å². The van der Waals surface area contributed by atoms with Crippen LogP contribution in [0.15, 0.2) is 47.9 Å². The molecule has 2 bridgehead atoms. The van der Waals surface area contributed by atoms with E-state index in [4.69, 9.17) is 0 Å². The number of likely N-dealkylation sites (tertiary alicyclic amines) is 1. The van der Waals surface area contributed by atoms with Crippen LogP contribution in [-0.2, 0) is 19.6 Å². The van der Waals surface area contributed by atoms with Gasteiger partial charge in [-0.2, -0.15) is 4.31 Å². The summed E-state index contributed by atoms with van der Waals surface area (Å²) < 4.78 is 26.7. The van der Waals surface area contributed by atoms with Crippen molar-refractivity contribution >= 4 is 27.9 Å². The van der Waals surface area contributed by atoms with Gasteiger partial charge in [0.1, 0.15) is 0 Å². The lowest BCUT2D eigenvalue weighted by Gasteiger charge is -2.34. The molecule has 2 aliphatic heterocycles. The first kappa shape index (κ1) is 20.6. The van der Waals surface area contributed by atoms with Crippen molar-refractivity contribution in [1.82, 2.24) is 14.1 Å². The molecule has 0 N–H and O–H groups in total. The van der Waals surface area contributed by atoms with E-state index in [2.05, 4.69) is 17.1 Å². The third-order valence-corrected chi connectivity index (χ3v) is 8.69. The Morgan fingerprint density at radius 2 is 1.48 bits per heavy atom. The fourth-order valence-electron chi connectivity index (χ4n) is 5.45. The second-order valence-electron chi connectivity index (χ2n) is 8.83. The van der Waals surface area contributed by atoms with Gasteiger partial charge in [-0.3, -0.25) is 19.4 Å². The Morgan fingerprint density at radius 3 is 2.10 bits per heavy atom. The molecule has 0 radical (unpaired) electrons. The quantitative estimate of drug-likeness (QED) is 0.493. The number of benzene rings is 1. The molecule has 0 aromatic heterocycles. The van der Waals surface area contributed by atoms with Gasteiger partial charge in [-0.1, -0.05) is 42.5 Å². The molecule has 31 heavy (non-hydrogen) atoms. The highest BCUT2D eigenvalue weighted by Gasteiger charge is 2.59. The summed E-state index contributed by atoms with van der Waals surface area (Å²) >= 11 is 0. The second kappa shape index (κ2) is 8.00. The van der Waals surface area contributed by atoms with Gasteiger partial charge in [-0.25, -0.2) is 8.42 Å². The number of carbonyl (C=O) groups is 2. The lowest BCUT2D eigenvalue weighted by molar-refractivity contribution is -0.140. The number of piperazine rings is 1. The monoisotopic (exact) mass is 441 g/mol. The molecule has 0 spiro atoms. The molecule has 8 heteroatoms. The van der Waals surface area contributed by atoms with Crippen LogP contribution < -0.4 is 0 Å². The first-order valence-electron chi connectivity index (χ1n) is 10.9. The minimum Gasteiger partial charge on any atom is -0.299 e. The molecule has 2 saturated heterocycles. The zero-order valence-electron chi connectivity index (χ0n) is 17.3. The van der Waals surface area contributed by atoms with Crippen LogP contribution >= 0.6 is 0 Å². The molecule has 1 aromatic rings. The number of nitrogens with zero attached hydrogens (tertiary/aromatic N) is 3. The van der Waals surface area contributed by atoms with E-state index in [0.717, 1.165) is 12.0 Å². The zero-order valence-corrected chi connectivity index (χ0v) is 18.2. The second-order valence-corrected chi connectivity index (χ2v) is 10.6. The summed E-state index contributed by atoms with van der Waals surface area (Å²) in [5.74, 6) is 0.128. The maximum atomic E-state index is 12.8. The van der Waals surface area contributed by atoms with Gasteiger partial charge in [0, 0.05) is 44.7 Å². The van der Waals surface area contributed by atoms with Crippen LogP contribution in [0.4, 0.5) is 0 Å². The number of sulfonamides is 1. The van der Waals surface area contributed by atoms with E-state index >= 15 is 0 Å². The predicted octanol–water partition coefficient (Wildman–Crippen LogP) is 1.41. The molecular formula is C23H27N3O4S. The highest BCUT2D eigenvalue weighted by Crippen LogP contribution is 2.52. The van der Waals surface area contributed by atoms with Crippen molar-refractivity contribution in [2.24, 2.45) is 23.7 Å². The third-order valence-electron chi connectivity index (χ3n) is 7.12. The summed E-state index contributed by atoms with van der Waals surface area (Å²) in [6.07, 6.45) is 6.76. The van der Waals surface area contributed by atoms with Crippen LogP contribution in [0.25, 0.3) is 6.08 Å². The molecule has 7 nitrogen and oxygen atoms in total. The summed E-state index contributed by atoms with van der Waals surface area (Å²) in [7, 11) is -3.47. The standard InChI is InChI=1S/C23H27N3O4S/c27-22-20-18-6-7-19(16-18)21(20)23(28)26(22)14-11-24-9-12-25(13-10-24)31(29,30)15-8-17-4-2-1-3-5-17/h1-8,15,18-21H,9-14,16H2/b15-8-/t18-,19-,20+,21+/m0/s1. The molecule has 2 aliphatic carbocycles. The van der Waals surface area contributed by atoms with Crippen molar-refractivity contribution in [2.75, 3.05) is 39.3 Å². The minimum atomic E-state index is -3.47. The minimum absolute atomic E-state index is 0.0147. The topological polar surface area (TPSA) is 78.0 Å². The maximum Gasteiger partial charge on any atom is 0.236 e. The Kier molecular flexibility index (Phi) is 5.32. The summed E-state index contributed by atoms with van der Waals surface area (Å²) in [4.78, 5) is 29.2. The Bertz CT molecular complexity index is 998. The van der Waals surface area contributed by atoms with E-state index in [9.17, 15) is 18.0 Å². The summed E-state index contributed by atoms with van der Waals surface area (Å²) in [6.45, 7) is 2.98. The smallest absolute Gasteiger partial charge is 0.236 e. The van der Waals surface area contributed by atoms with E-state index in [1.54, 1.807) is 6.08 Å². The fourth-order valence-corrected chi connectivity index (χ4v) is 6.62. The number of carbonyl (C=O) groups excluding carboxylic acids is 2. The molecule has 164 valence electrons. The van der Waals surface area contributed by atoms with Crippen LogP contribution in [0.2, 0.25) is 0 Å². The highest BCUT2D eigenvalue weighted by molar-refractivity contribution is 7.92.